The average Bonchev–Trinajstić information content (AvgIpc) is 2.67. The third kappa shape index (κ3) is 6.10. The molecular weight excluding hydrogens is 391 g/mol. The smallest absolute Gasteiger partial charge is 0.288 e. The number of hydroxylamine groups is 2. The van der Waals surface area contributed by atoms with E-state index in [0.717, 1.165) is 24.3 Å². The molecule has 1 aromatic rings. The van der Waals surface area contributed by atoms with Gasteiger partial charge in [0.15, 0.2) is 0 Å². The van der Waals surface area contributed by atoms with Crippen molar-refractivity contribution in [1.82, 2.24) is 9.79 Å². The highest BCUT2D eigenvalue weighted by atomic mass is 32.2. The van der Waals surface area contributed by atoms with E-state index in [1.807, 2.05) is 0 Å². The summed E-state index contributed by atoms with van der Waals surface area (Å²) in [6, 6.07) is 5.31. The maximum Gasteiger partial charge on any atom is 0.301 e. The number of ketones is 1. The van der Waals surface area contributed by atoms with Crippen LogP contribution in [0.4, 0.5) is 4.39 Å². The van der Waals surface area contributed by atoms with Gasteiger partial charge in [-0.25, -0.2) is 22.6 Å². The fourth-order valence-corrected chi connectivity index (χ4v) is 4.45. The monoisotopic (exact) mass is 414 g/mol. The molecule has 1 aliphatic carbocycles. The molecule has 0 saturated heterocycles. The Kier molecular flexibility index (Phi) is 7.64. The second-order valence-corrected chi connectivity index (χ2v) is 8.54. The summed E-state index contributed by atoms with van der Waals surface area (Å²) in [5, 5.41) is 0.135. The molecule has 1 fully saturated rings. The van der Waals surface area contributed by atoms with Gasteiger partial charge in [-0.05, 0) is 30.5 Å². The Morgan fingerprint density at radius 1 is 1.14 bits per heavy atom. The van der Waals surface area contributed by atoms with Gasteiger partial charge in [0.25, 0.3) is 5.91 Å². The summed E-state index contributed by atoms with van der Waals surface area (Å²) >= 11 is 0. The van der Waals surface area contributed by atoms with Crippen LogP contribution in [0.25, 0.3) is 0 Å². The number of carbonyl (C=O) groups is 3. The molecule has 10 heteroatoms. The lowest BCUT2D eigenvalue weighted by atomic mass is 10.0. The van der Waals surface area contributed by atoms with Crippen LogP contribution in [0.3, 0.4) is 0 Å². The Morgan fingerprint density at radius 2 is 1.75 bits per heavy atom. The Bertz CT molecular complexity index is 819. The van der Waals surface area contributed by atoms with Crippen LogP contribution in [0, 0.1) is 5.82 Å². The van der Waals surface area contributed by atoms with Crippen molar-refractivity contribution < 1.29 is 32.0 Å². The van der Waals surface area contributed by atoms with Crippen molar-refractivity contribution >= 4 is 27.6 Å². The summed E-state index contributed by atoms with van der Waals surface area (Å²) < 4.78 is 39.1. The summed E-state index contributed by atoms with van der Waals surface area (Å²) in [4.78, 5) is 41.1. The van der Waals surface area contributed by atoms with Gasteiger partial charge in [-0.3, -0.25) is 19.2 Å². The van der Waals surface area contributed by atoms with Gasteiger partial charge >= 0.3 is 5.91 Å². The molecule has 0 aliphatic heterocycles. The van der Waals surface area contributed by atoms with Crippen molar-refractivity contribution in [3.63, 3.8) is 0 Å². The number of carbonyl (C=O) groups excluding carboxylic acids is 3. The molecule has 8 nitrogen and oxygen atoms in total. The Hall–Kier alpha value is -2.33. The minimum atomic E-state index is -3.95. The highest BCUT2D eigenvalue weighted by Crippen LogP contribution is 2.23. The number of nitrogens with zero attached hydrogens (tertiary/aromatic N) is 1. The van der Waals surface area contributed by atoms with Crippen molar-refractivity contribution in [2.45, 2.75) is 50.3 Å². The molecule has 28 heavy (non-hydrogen) atoms. The molecular formula is C18H23FN2O6S. The summed E-state index contributed by atoms with van der Waals surface area (Å²) in [5.41, 5.74) is 0.549. The molecule has 0 atom stereocenters. The van der Waals surface area contributed by atoms with Gasteiger partial charge in [-0.1, -0.05) is 31.4 Å². The first-order valence-corrected chi connectivity index (χ1v) is 10.5. The van der Waals surface area contributed by atoms with Gasteiger partial charge in [-0.15, -0.1) is 0 Å². The number of hydrogen-bond acceptors (Lipinski definition) is 6. The molecule has 1 aliphatic rings. The quantitative estimate of drug-likeness (QED) is 0.392. The van der Waals surface area contributed by atoms with E-state index in [2.05, 4.69) is 0 Å². The molecule has 0 aromatic heterocycles. The zero-order valence-corrected chi connectivity index (χ0v) is 16.3. The molecule has 1 saturated carbocycles. The van der Waals surface area contributed by atoms with Crippen LogP contribution >= 0.6 is 0 Å². The van der Waals surface area contributed by atoms with Crippen LogP contribution in [0.15, 0.2) is 24.3 Å². The first-order valence-electron chi connectivity index (χ1n) is 8.90. The first-order chi connectivity index (χ1) is 13.2. The number of halogens is 1. The Labute approximate surface area is 163 Å². The van der Waals surface area contributed by atoms with E-state index in [4.69, 9.17) is 4.84 Å². The predicted octanol–water partition coefficient (Wildman–Crippen LogP) is 1.45. The van der Waals surface area contributed by atoms with Gasteiger partial charge in [0, 0.05) is 0 Å². The molecule has 154 valence electrons. The number of amides is 2. The van der Waals surface area contributed by atoms with Gasteiger partial charge in [-0.2, -0.15) is 0 Å². The molecule has 2 rings (SSSR count). The Balaban J connectivity index is 1.92. The molecule has 0 heterocycles. The van der Waals surface area contributed by atoms with Crippen LogP contribution < -0.4 is 4.72 Å². The molecule has 0 spiro atoms. The minimum absolute atomic E-state index is 0.0646. The molecule has 0 radical (unpaired) electrons. The second kappa shape index (κ2) is 9.74. The third-order valence-electron chi connectivity index (χ3n) is 4.53. The van der Waals surface area contributed by atoms with E-state index in [-0.39, 0.29) is 6.54 Å². The molecule has 0 bridgehead atoms. The lowest BCUT2D eigenvalue weighted by Gasteiger charge is -2.22. The summed E-state index contributed by atoms with van der Waals surface area (Å²) in [7, 11) is -2.75. The summed E-state index contributed by atoms with van der Waals surface area (Å²) in [5.74, 6) is -3.77. The maximum absolute atomic E-state index is 12.9. The van der Waals surface area contributed by atoms with Crippen LogP contribution in [0.2, 0.25) is 0 Å². The number of sulfonamides is 1. The normalized spacial score (nSPS) is 15.1. The SMILES string of the molecule is CON(Cc1ccc(F)cc1)C(=O)CC(=O)C(=O)NS(=O)(=O)C1CCCCC1. The van der Waals surface area contributed by atoms with Gasteiger partial charge in [0.2, 0.25) is 15.8 Å². The van der Waals surface area contributed by atoms with E-state index in [1.54, 1.807) is 4.72 Å². The van der Waals surface area contributed by atoms with Gasteiger partial charge < -0.3 is 0 Å². The largest absolute Gasteiger partial charge is 0.301 e. The first kappa shape index (κ1) is 22.0. The molecule has 0 unspecified atom stereocenters. The second-order valence-electron chi connectivity index (χ2n) is 6.58. The number of Topliss-reactive ketones (excluding diaryl/α,β-unsaturated/α-hetero) is 1. The van der Waals surface area contributed by atoms with E-state index >= 15 is 0 Å². The lowest BCUT2D eigenvalue weighted by molar-refractivity contribution is -0.180. The van der Waals surface area contributed by atoms with E-state index in [0.29, 0.717) is 18.4 Å². The highest BCUT2D eigenvalue weighted by molar-refractivity contribution is 7.90. The van der Waals surface area contributed by atoms with Crippen molar-refractivity contribution in [3.8, 4) is 0 Å². The van der Waals surface area contributed by atoms with Crippen molar-refractivity contribution in [3.05, 3.63) is 35.6 Å². The van der Waals surface area contributed by atoms with Crippen LogP contribution in [-0.4, -0.2) is 43.4 Å². The minimum Gasteiger partial charge on any atom is -0.288 e. The predicted molar refractivity (Wildman–Crippen MR) is 97.5 cm³/mol. The van der Waals surface area contributed by atoms with Crippen molar-refractivity contribution in [1.29, 1.82) is 0 Å². The number of benzene rings is 1. The van der Waals surface area contributed by atoms with Crippen LogP contribution in [0.1, 0.15) is 44.1 Å². The standard InChI is InChI=1S/C18H23FN2O6S/c1-27-21(12-13-7-9-14(19)10-8-13)17(23)11-16(22)18(24)20-28(25,26)15-5-3-2-4-6-15/h7-10,15H,2-6,11-12H2,1H3,(H,20,24). The summed E-state index contributed by atoms with van der Waals surface area (Å²) in [6.07, 6.45) is 2.46. The van der Waals surface area contributed by atoms with Gasteiger partial charge in [0.1, 0.15) is 5.82 Å². The zero-order valence-electron chi connectivity index (χ0n) is 15.5. The van der Waals surface area contributed by atoms with Crippen molar-refractivity contribution in [2.24, 2.45) is 0 Å². The zero-order chi connectivity index (χ0) is 20.7. The number of hydrogen-bond donors (Lipinski definition) is 1. The molecule has 2 amide bonds. The fraction of sp³-hybridized carbons (Fsp3) is 0.500. The number of nitrogens with one attached hydrogen (secondary N) is 1. The van der Waals surface area contributed by atoms with Crippen molar-refractivity contribution in [2.75, 3.05) is 7.11 Å². The highest BCUT2D eigenvalue weighted by Gasteiger charge is 2.31. The lowest BCUT2D eigenvalue weighted by Crippen LogP contribution is -2.43. The third-order valence-corrected chi connectivity index (χ3v) is 6.35. The maximum atomic E-state index is 12.9. The fourth-order valence-electron chi connectivity index (χ4n) is 2.96. The van der Waals surface area contributed by atoms with Gasteiger partial charge in [0.05, 0.1) is 25.3 Å². The summed E-state index contributed by atoms with van der Waals surface area (Å²) in [6.45, 7) is -0.0646. The van der Waals surface area contributed by atoms with E-state index < -0.39 is 45.1 Å². The Morgan fingerprint density at radius 3 is 2.32 bits per heavy atom. The molecule has 1 aromatic carbocycles. The topological polar surface area (TPSA) is 110 Å². The average molecular weight is 414 g/mol. The van der Waals surface area contributed by atoms with E-state index in [9.17, 15) is 27.2 Å². The van der Waals surface area contributed by atoms with Crippen LogP contribution in [-0.2, 0) is 35.8 Å². The van der Waals surface area contributed by atoms with E-state index in [1.165, 1.54) is 31.4 Å². The van der Waals surface area contributed by atoms with Crippen LogP contribution in [0.5, 0.6) is 0 Å². The molecule has 1 N–H and O–H groups in total. The number of rotatable bonds is 8.